The minimum Gasteiger partial charge on any atom is -0.457 e. The molecule has 4 N–H and O–H groups in total. The molecule has 0 heterocycles. The maximum absolute atomic E-state index is 8.83. The minimum absolute atomic E-state index is 0.260. The van der Waals surface area contributed by atoms with Crippen LogP contribution in [0.3, 0.4) is 0 Å². The van der Waals surface area contributed by atoms with Gasteiger partial charge in [0, 0.05) is 17.0 Å². The average molecular weight is 403 g/mol. The molecular weight excluding hydrogens is 372 g/mol. The number of allylic oxidation sites excluding steroid dienone is 2. The Hall–Kier alpha value is -3.34. The van der Waals surface area contributed by atoms with Gasteiger partial charge >= 0.3 is 0 Å². The minimum atomic E-state index is 0.260. The van der Waals surface area contributed by atoms with E-state index in [-0.39, 0.29) is 6.04 Å². The number of rotatable bonds is 7. The summed E-state index contributed by atoms with van der Waals surface area (Å²) in [5.74, 6) is 2.12. The maximum atomic E-state index is 8.83. The fraction of sp³-hybridized carbons (Fsp3) is 0.280. The summed E-state index contributed by atoms with van der Waals surface area (Å²) in [7, 11) is 0. The van der Waals surface area contributed by atoms with E-state index < -0.39 is 0 Å². The molecular formula is C25H30N4O. The zero-order valence-corrected chi connectivity index (χ0v) is 17.7. The number of amidine groups is 1. The molecule has 0 spiro atoms. The van der Waals surface area contributed by atoms with Crippen LogP contribution in [0.2, 0.25) is 0 Å². The number of ether oxygens (including phenoxy) is 1. The van der Waals surface area contributed by atoms with Gasteiger partial charge in [-0.05, 0) is 63.1 Å². The molecule has 1 fully saturated rings. The SMILES string of the molecule is C=C(C)NC(=NC1CCCC1)/C(C(=N)c1ccc(Oc2ccccc2)cc1)=C(\C)N. The normalized spacial score (nSPS) is 15.5. The van der Waals surface area contributed by atoms with Gasteiger partial charge in [-0.1, -0.05) is 37.6 Å². The molecule has 0 unspecified atom stereocenters. The molecule has 0 aromatic heterocycles. The number of nitrogens with zero attached hydrogens (tertiary/aromatic N) is 1. The smallest absolute Gasteiger partial charge is 0.136 e. The van der Waals surface area contributed by atoms with Crippen molar-refractivity contribution in [2.45, 2.75) is 45.6 Å². The Balaban J connectivity index is 1.85. The second-order valence-electron chi connectivity index (χ2n) is 7.69. The Morgan fingerprint density at radius 2 is 1.63 bits per heavy atom. The standard InChI is InChI=1S/C25H30N4O/c1-17(2)28-25(29-20-9-7-8-10-20)23(18(3)26)24(27)19-13-15-22(16-14-19)30-21-11-5-4-6-12-21/h4-6,11-16,20,27H,1,7-10,26H2,2-3H3,(H,28,29)/b23-18+,27-24?. The van der Waals surface area contributed by atoms with Crippen molar-refractivity contribution in [3.8, 4) is 11.5 Å². The third-order valence-electron chi connectivity index (χ3n) is 4.97. The molecule has 0 bridgehead atoms. The third-order valence-corrected chi connectivity index (χ3v) is 4.97. The number of hydrogen-bond donors (Lipinski definition) is 3. The van der Waals surface area contributed by atoms with E-state index in [0.29, 0.717) is 28.6 Å². The summed E-state index contributed by atoms with van der Waals surface area (Å²) < 4.78 is 5.85. The van der Waals surface area contributed by atoms with Crippen LogP contribution in [0, 0.1) is 5.41 Å². The molecule has 156 valence electrons. The van der Waals surface area contributed by atoms with Crippen molar-refractivity contribution in [3.63, 3.8) is 0 Å². The maximum Gasteiger partial charge on any atom is 0.136 e. The van der Waals surface area contributed by atoms with E-state index in [0.717, 1.165) is 29.9 Å². The number of benzene rings is 2. The Labute approximate surface area is 178 Å². The summed E-state index contributed by atoms with van der Waals surface area (Å²) in [5.41, 5.74) is 9.23. The van der Waals surface area contributed by atoms with Gasteiger partial charge in [0.05, 0.1) is 17.3 Å². The predicted octanol–water partition coefficient (Wildman–Crippen LogP) is 5.54. The number of hydrogen-bond acceptors (Lipinski definition) is 4. The van der Waals surface area contributed by atoms with Crippen LogP contribution < -0.4 is 15.8 Å². The molecule has 1 aliphatic rings. The van der Waals surface area contributed by atoms with E-state index >= 15 is 0 Å². The van der Waals surface area contributed by atoms with Crippen molar-refractivity contribution >= 4 is 11.5 Å². The van der Waals surface area contributed by atoms with Crippen molar-refractivity contribution in [2.75, 3.05) is 0 Å². The van der Waals surface area contributed by atoms with Gasteiger partial charge < -0.3 is 15.8 Å². The molecule has 0 aliphatic heterocycles. The fourth-order valence-electron chi connectivity index (χ4n) is 3.54. The van der Waals surface area contributed by atoms with Crippen LogP contribution in [0.1, 0.15) is 45.1 Å². The van der Waals surface area contributed by atoms with Crippen LogP contribution in [-0.2, 0) is 0 Å². The fourth-order valence-corrected chi connectivity index (χ4v) is 3.54. The molecule has 5 nitrogen and oxygen atoms in total. The first kappa shape index (κ1) is 21.4. The Bertz CT molecular complexity index is 948. The van der Waals surface area contributed by atoms with Gasteiger partial charge in [0.1, 0.15) is 17.3 Å². The van der Waals surface area contributed by atoms with Crippen molar-refractivity contribution < 1.29 is 4.74 Å². The van der Waals surface area contributed by atoms with E-state index in [2.05, 4.69) is 11.9 Å². The van der Waals surface area contributed by atoms with Gasteiger partial charge in [-0.3, -0.25) is 10.4 Å². The summed E-state index contributed by atoms with van der Waals surface area (Å²) in [4.78, 5) is 4.90. The summed E-state index contributed by atoms with van der Waals surface area (Å²) in [6.07, 6.45) is 4.51. The zero-order chi connectivity index (χ0) is 21.5. The van der Waals surface area contributed by atoms with Gasteiger partial charge in [-0.2, -0.15) is 0 Å². The predicted molar refractivity (Wildman–Crippen MR) is 124 cm³/mol. The first-order chi connectivity index (χ1) is 14.4. The molecule has 0 radical (unpaired) electrons. The summed E-state index contributed by atoms with van der Waals surface area (Å²) in [6.45, 7) is 7.64. The summed E-state index contributed by atoms with van der Waals surface area (Å²) in [6, 6.07) is 17.4. The highest BCUT2D eigenvalue weighted by molar-refractivity contribution is 6.29. The summed E-state index contributed by atoms with van der Waals surface area (Å²) >= 11 is 0. The van der Waals surface area contributed by atoms with Crippen molar-refractivity contribution in [3.05, 3.63) is 83.7 Å². The first-order valence-electron chi connectivity index (χ1n) is 10.3. The van der Waals surface area contributed by atoms with Crippen LogP contribution in [-0.4, -0.2) is 17.6 Å². The Morgan fingerprint density at radius 1 is 1.03 bits per heavy atom. The van der Waals surface area contributed by atoms with Crippen LogP contribution in [0.5, 0.6) is 11.5 Å². The van der Waals surface area contributed by atoms with Crippen LogP contribution in [0.25, 0.3) is 0 Å². The molecule has 0 amide bonds. The van der Waals surface area contributed by atoms with E-state index in [9.17, 15) is 0 Å². The van der Waals surface area contributed by atoms with E-state index in [1.165, 1.54) is 12.8 Å². The van der Waals surface area contributed by atoms with Gasteiger partial charge in [-0.15, -0.1) is 0 Å². The van der Waals surface area contributed by atoms with Crippen molar-refractivity contribution in [2.24, 2.45) is 10.7 Å². The van der Waals surface area contributed by atoms with Crippen molar-refractivity contribution in [1.29, 1.82) is 5.41 Å². The molecule has 1 saturated carbocycles. The Morgan fingerprint density at radius 3 is 2.20 bits per heavy atom. The van der Waals surface area contributed by atoms with Gasteiger partial charge in [0.15, 0.2) is 0 Å². The van der Waals surface area contributed by atoms with Crippen LogP contribution in [0.4, 0.5) is 0 Å². The van der Waals surface area contributed by atoms with Gasteiger partial charge in [0.2, 0.25) is 0 Å². The van der Waals surface area contributed by atoms with E-state index in [1.807, 2.05) is 61.5 Å². The molecule has 2 aromatic carbocycles. The largest absolute Gasteiger partial charge is 0.457 e. The zero-order valence-electron chi connectivity index (χ0n) is 17.7. The van der Waals surface area contributed by atoms with Gasteiger partial charge in [-0.25, -0.2) is 0 Å². The monoisotopic (exact) mass is 402 g/mol. The molecule has 2 aromatic rings. The second kappa shape index (κ2) is 9.92. The topological polar surface area (TPSA) is 83.5 Å². The highest BCUT2D eigenvalue weighted by atomic mass is 16.5. The molecule has 5 heteroatoms. The highest BCUT2D eigenvalue weighted by Gasteiger charge is 2.21. The number of aliphatic imine (C=N–C) groups is 1. The lowest BCUT2D eigenvalue weighted by molar-refractivity contribution is 0.482. The average Bonchev–Trinajstić information content (AvgIpc) is 3.21. The first-order valence-corrected chi connectivity index (χ1v) is 10.3. The summed E-state index contributed by atoms with van der Waals surface area (Å²) in [5, 5.41) is 12.1. The lowest BCUT2D eigenvalue weighted by Crippen LogP contribution is -2.31. The molecule has 1 aliphatic carbocycles. The second-order valence-corrected chi connectivity index (χ2v) is 7.69. The molecule has 0 saturated heterocycles. The lowest BCUT2D eigenvalue weighted by Gasteiger charge is -2.18. The third kappa shape index (κ3) is 5.60. The van der Waals surface area contributed by atoms with E-state index in [4.69, 9.17) is 20.9 Å². The quantitative estimate of drug-likeness (QED) is 0.420. The molecule has 0 atom stereocenters. The lowest BCUT2D eigenvalue weighted by atomic mass is 9.99. The molecule has 30 heavy (non-hydrogen) atoms. The molecule has 3 rings (SSSR count). The van der Waals surface area contributed by atoms with E-state index in [1.54, 1.807) is 6.92 Å². The Kier molecular flexibility index (Phi) is 7.07. The van der Waals surface area contributed by atoms with Crippen molar-refractivity contribution in [1.82, 2.24) is 5.32 Å². The number of nitrogens with one attached hydrogen (secondary N) is 2. The van der Waals surface area contributed by atoms with Gasteiger partial charge in [0.25, 0.3) is 0 Å². The highest BCUT2D eigenvalue weighted by Crippen LogP contribution is 2.24. The number of para-hydroxylation sites is 1. The number of nitrogens with two attached hydrogens (primary N) is 1. The van der Waals surface area contributed by atoms with Crippen LogP contribution in [0.15, 0.2) is 83.1 Å². The van der Waals surface area contributed by atoms with Crippen LogP contribution >= 0.6 is 0 Å².